The number of hydrogen-bond acceptors (Lipinski definition) is 1. The van der Waals surface area contributed by atoms with Gasteiger partial charge < -0.3 is 17.0 Å². The van der Waals surface area contributed by atoms with Crippen LogP contribution in [0.15, 0.2) is 103 Å². The van der Waals surface area contributed by atoms with E-state index in [1.807, 2.05) is 32.0 Å². The molecule has 0 aliphatic heterocycles. The van der Waals surface area contributed by atoms with Crippen molar-refractivity contribution in [2.24, 2.45) is 5.92 Å². The Hall–Kier alpha value is -2.02. The molecule has 0 amide bonds. The zero-order valence-electron chi connectivity index (χ0n) is 15.6. The Labute approximate surface area is 173 Å². The molecule has 0 saturated heterocycles. The van der Waals surface area contributed by atoms with Gasteiger partial charge in [-0.15, -0.1) is 0 Å². The molecule has 1 nitrogen and oxygen atoms in total. The molecular weight excluding hydrogens is 415 g/mol. The van der Waals surface area contributed by atoms with Crippen molar-refractivity contribution >= 4 is 29.0 Å². The summed E-state index contributed by atoms with van der Waals surface area (Å²) in [6, 6.07) is 31.7. The topological polar surface area (TPSA) is 17.1 Å². The first-order valence-corrected chi connectivity index (χ1v) is 10.8. The van der Waals surface area contributed by atoms with Crippen molar-refractivity contribution in [3.05, 3.63) is 103 Å². The standard InChI is InChI=1S/C24H24OP.BrH/c1-20(2)24(25)18-19-26(21-12-6-3-7-13-21,22-14-8-4-9-15-22)23-16-10-5-11-17-23;/h3-20H,1-2H3;1H/q+1;/p-1. The molecule has 0 unspecified atom stereocenters. The van der Waals surface area contributed by atoms with Crippen molar-refractivity contribution in [1.29, 1.82) is 0 Å². The molecule has 3 heteroatoms. The number of rotatable bonds is 6. The molecule has 0 aliphatic carbocycles. The van der Waals surface area contributed by atoms with Gasteiger partial charge in [0.05, 0.1) is 5.82 Å². The Bertz CT molecular complexity index is 777. The lowest BCUT2D eigenvalue weighted by Crippen LogP contribution is -3.00. The van der Waals surface area contributed by atoms with Crippen LogP contribution in [0.25, 0.3) is 0 Å². The molecule has 0 fully saturated rings. The van der Waals surface area contributed by atoms with E-state index < -0.39 is 7.26 Å². The highest BCUT2D eigenvalue weighted by Gasteiger charge is 2.43. The van der Waals surface area contributed by atoms with Crippen molar-refractivity contribution in [3.8, 4) is 0 Å². The van der Waals surface area contributed by atoms with Crippen LogP contribution < -0.4 is 32.9 Å². The molecule has 0 bridgehead atoms. The molecule has 0 saturated carbocycles. The molecule has 0 spiro atoms. The Morgan fingerprint density at radius 2 is 1.04 bits per heavy atom. The average molecular weight is 439 g/mol. The molecule has 0 aliphatic rings. The fourth-order valence-electron chi connectivity index (χ4n) is 3.07. The maximum atomic E-state index is 12.4. The van der Waals surface area contributed by atoms with E-state index in [1.165, 1.54) is 15.9 Å². The van der Waals surface area contributed by atoms with Gasteiger partial charge in [0.15, 0.2) is 5.78 Å². The van der Waals surface area contributed by atoms with Gasteiger partial charge in [-0.2, -0.15) is 0 Å². The minimum atomic E-state index is -2.05. The first kappa shape index (κ1) is 21.3. The molecule has 0 radical (unpaired) electrons. The van der Waals surface area contributed by atoms with E-state index in [0.29, 0.717) is 0 Å². The van der Waals surface area contributed by atoms with Gasteiger partial charge in [-0.3, -0.25) is 4.79 Å². The molecule has 3 rings (SSSR count). The summed E-state index contributed by atoms with van der Waals surface area (Å²) in [7, 11) is -2.05. The molecule has 3 aromatic carbocycles. The van der Waals surface area contributed by atoms with Crippen molar-refractivity contribution in [2.45, 2.75) is 13.8 Å². The summed E-state index contributed by atoms with van der Waals surface area (Å²) in [5.74, 6) is 2.34. The predicted molar refractivity (Wildman–Crippen MR) is 114 cm³/mol. The second-order valence-electron chi connectivity index (χ2n) is 6.60. The Morgan fingerprint density at radius 3 is 1.33 bits per heavy atom. The number of carbonyl (C=O) groups excluding carboxylic acids is 1. The van der Waals surface area contributed by atoms with Crippen LogP contribution in [-0.4, -0.2) is 5.78 Å². The summed E-state index contributed by atoms with van der Waals surface area (Å²) < 4.78 is 0. The number of halogens is 1. The first-order chi connectivity index (χ1) is 12.6. The Kier molecular flexibility index (Phi) is 7.71. The van der Waals surface area contributed by atoms with Crippen LogP contribution in [-0.2, 0) is 4.79 Å². The van der Waals surface area contributed by atoms with Crippen LogP contribution in [0.3, 0.4) is 0 Å². The highest BCUT2D eigenvalue weighted by atomic mass is 79.9. The summed E-state index contributed by atoms with van der Waals surface area (Å²) in [4.78, 5) is 12.4. The van der Waals surface area contributed by atoms with Gasteiger partial charge in [0.2, 0.25) is 0 Å². The molecule has 138 valence electrons. The lowest BCUT2D eigenvalue weighted by atomic mass is 10.1. The Balaban J connectivity index is 0.00000261. The maximum absolute atomic E-state index is 12.4. The largest absolute Gasteiger partial charge is 1.00 e. The van der Waals surface area contributed by atoms with E-state index >= 15 is 0 Å². The molecule has 0 aromatic heterocycles. The smallest absolute Gasteiger partial charge is 0.161 e. The summed E-state index contributed by atoms with van der Waals surface area (Å²) in [6.07, 6.45) is 1.80. The van der Waals surface area contributed by atoms with Crippen LogP contribution in [0.5, 0.6) is 0 Å². The van der Waals surface area contributed by atoms with E-state index in [1.54, 1.807) is 6.08 Å². The van der Waals surface area contributed by atoms with Gasteiger partial charge in [0.1, 0.15) is 23.2 Å². The van der Waals surface area contributed by atoms with Crippen LogP contribution in [0.2, 0.25) is 0 Å². The SMILES string of the molecule is CC(C)C(=O)C=C[P+](c1ccccc1)(c1ccccc1)c1ccccc1.[Br-]. The second-order valence-corrected chi connectivity index (χ2v) is 9.89. The molecular formula is C24H24BrOP. The molecule has 3 aromatic rings. The minimum Gasteiger partial charge on any atom is -1.00 e. The lowest BCUT2D eigenvalue weighted by Gasteiger charge is -2.24. The summed E-state index contributed by atoms with van der Waals surface area (Å²) in [5.41, 5.74) is 0. The third-order valence-electron chi connectivity index (χ3n) is 4.52. The fourth-order valence-corrected chi connectivity index (χ4v) is 6.78. The summed E-state index contributed by atoms with van der Waals surface area (Å²) in [5, 5.41) is 3.76. The number of carbonyl (C=O) groups is 1. The molecule has 0 heterocycles. The first-order valence-electron chi connectivity index (χ1n) is 8.93. The monoisotopic (exact) mass is 438 g/mol. The van der Waals surface area contributed by atoms with Crippen molar-refractivity contribution < 1.29 is 21.8 Å². The number of benzene rings is 3. The lowest BCUT2D eigenvalue weighted by molar-refractivity contribution is -0.117. The van der Waals surface area contributed by atoms with Crippen LogP contribution in [0.4, 0.5) is 0 Å². The van der Waals surface area contributed by atoms with Gasteiger partial charge in [-0.05, 0) is 36.4 Å². The Morgan fingerprint density at radius 1 is 0.704 bits per heavy atom. The predicted octanol–water partition coefficient (Wildman–Crippen LogP) is 1.72. The summed E-state index contributed by atoms with van der Waals surface area (Å²) in [6.45, 7) is 3.89. The van der Waals surface area contributed by atoms with E-state index in [2.05, 4.69) is 78.6 Å². The van der Waals surface area contributed by atoms with E-state index in [0.717, 1.165) is 0 Å². The minimum absolute atomic E-state index is 0. The second kappa shape index (κ2) is 9.78. The van der Waals surface area contributed by atoms with Gasteiger partial charge >= 0.3 is 0 Å². The van der Waals surface area contributed by atoms with E-state index in [4.69, 9.17) is 0 Å². The van der Waals surface area contributed by atoms with Crippen molar-refractivity contribution in [1.82, 2.24) is 0 Å². The van der Waals surface area contributed by atoms with E-state index in [-0.39, 0.29) is 28.7 Å². The molecule has 27 heavy (non-hydrogen) atoms. The van der Waals surface area contributed by atoms with Gasteiger partial charge in [-0.1, -0.05) is 68.4 Å². The van der Waals surface area contributed by atoms with Gasteiger partial charge in [-0.25, -0.2) is 0 Å². The van der Waals surface area contributed by atoms with Crippen LogP contribution in [0.1, 0.15) is 13.8 Å². The van der Waals surface area contributed by atoms with Crippen LogP contribution in [0, 0.1) is 5.92 Å². The third-order valence-corrected chi connectivity index (χ3v) is 8.46. The molecule has 0 atom stereocenters. The normalized spacial score (nSPS) is 11.4. The average Bonchev–Trinajstić information content (AvgIpc) is 2.70. The zero-order valence-corrected chi connectivity index (χ0v) is 18.1. The quantitative estimate of drug-likeness (QED) is 0.423. The van der Waals surface area contributed by atoms with Crippen molar-refractivity contribution in [2.75, 3.05) is 0 Å². The molecule has 0 N–H and O–H groups in total. The highest BCUT2D eigenvalue weighted by molar-refractivity contribution is 7.98. The van der Waals surface area contributed by atoms with Crippen molar-refractivity contribution in [3.63, 3.8) is 0 Å². The maximum Gasteiger partial charge on any atom is 0.161 e. The fraction of sp³-hybridized carbons (Fsp3) is 0.125. The third kappa shape index (κ3) is 4.64. The zero-order chi connectivity index (χ0) is 18.4. The number of ketones is 1. The summed E-state index contributed by atoms with van der Waals surface area (Å²) >= 11 is 0. The van der Waals surface area contributed by atoms with Gasteiger partial charge in [0, 0.05) is 12.0 Å². The highest BCUT2D eigenvalue weighted by Crippen LogP contribution is 2.56. The van der Waals surface area contributed by atoms with Gasteiger partial charge in [0.25, 0.3) is 0 Å². The number of hydrogen-bond donors (Lipinski definition) is 0. The van der Waals surface area contributed by atoms with Crippen LogP contribution >= 0.6 is 7.26 Å². The van der Waals surface area contributed by atoms with E-state index in [9.17, 15) is 4.79 Å². The number of allylic oxidation sites excluding steroid dienone is 1.